The number of hydrogen-bond donors (Lipinski definition) is 2. The molecule has 3 unspecified atom stereocenters. The van der Waals surface area contributed by atoms with Gasteiger partial charge in [-0.15, -0.1) is 0 Å². The van der Waals surface area contributed by atoms with Crippen molar-refractivity contribution in [2.45, 2.75) is 64.2 Å². The number of nitrogens with one attached hydrogen (secondary N) is 1. The molecule has 4 nitrogen and oxygen atoms in total. The summed E-state index contributed by atoms with van der Waals surface area (Å²) in [6, 6.07) is 0. The average molecular weight is 270 g/mol. The van der Waals surface area contributed by atoms with Gasteiger partial charge in [-0.05, 0) is 32.6 Å². The first-order valence-corrected chi connectivity index (χ1v) is 7.72. The lowest BCUT2D eigenvalue weighted by Crippen LogP contribution is -2.73. The first-order chi connectivity index (χ1) is 8.99. The lowest BCUT2D eigenvalue weighted by Gasteiger charge is -2.59. The summed E-state index contributed by atoms with van der Waals surface area (Å²) in [5, 5.41) is 3.51. The Morgan fingerprint density at radius 1 is 1.37 bits per heavy atom. The second-order valence-corrected chi connectivity index (χ2v) is 6.65. The van der Waals surface area contributed by atoms with Crippen LogP contribution in [0.1, 0.15) is 46.5 Å². The summed E-state index contributed by atoms with van der Waals surface area (Å²) in [6.45, 7) is 9.94. The van der Waals surface area contributed by atoms with Gasteiger partial charge in [0.15, 0.2) is 0 Å². The fourth-order valence-electron chi connectivity index (χ4n) is 3.23. The van der Waals surface area contributed by atoms with Gasteiger partial charge in [-0.2, -0.15) is 0 Å². The van der Waals surface area contributed by atoms with Crippen molar-refractivity contribution in [1.29, 1.82) is 0 Å². The minimum Gasteiger partial charge on any atom is -0.378 e. The zero-order valence-corrected chi connectivity index (χ0v) is 12.7. The third-order valence-corrected chi connectivity index (χ3v) is 5.09. The maximum Gasteiger partial charge on any atom is 0.0699 e. The topological polar surface area (TPSA) is 56.5 Å². The molecule has 0 spiro atoms. The van der Waals surface area contributed by atoms with Gasteiger partial charge in [0.2, 0.25) is 0 Å². The van der Waals surface area contributed by atoms with Gasteiger partial charge in [0, 0.05) is 37.3 Å². The van der Waals surface area contributed by atoms with E-state index in [1.165, 1.54) is 19.3 Å². The molecular weight excluding hydrogens is 240 g/mol. The Bertz CT molecular complexity index is 290. The Morgan fingerprint density at radius 2 is 2.16 bits per heavy atom. The molecule has 0 radical (unpaired) electrons. The number of rotatable bonds is 6. The summed E-state index contributed by atoms with van der Waals surface area (Å²) >= 11 is 0. The fraction of sp³-hybridized carbons (Fsp3) is 1.00. The van der Waals surface area contributed by atoms with E-state index in [0.29, 0.717) is 12.2 Å². The molecule has 2 rings (SSSR count). The predicted molar refractivity (Wildman–Crippen MR) is 77.2 cm³/mol. The first kappa shape index (κ1) is 15.2. The van der Waals surface area contributed by atoms with Gasteiger partial charge in [-0.25, -0.2) is 0 Å². The third-order valence-electron chi connectivity index (χ3n) is 5.09. The molecule has 1 saturated carbocycles. The number of nitrogens with two attached hydrogens (primary N) is 1. The van der Waals surface area contributed by atoms with Gasteiger partial charge in [0.05, 0.1) is 12.2 Å². The van der Waals surface area contributed by atoms with Crippen molar-refractivity contribution < 1.29 is 9.47 Å². The molecular formula is C15H30N2O2. The highest BCUT2D eigenvalue weighted by Crippen LogP contribution is 2.49. The van der Waals surface area contributed by atoms with Gasteiger partial charge >= 0.3 is 0 Å². The highest BCUT2D eigenvalue weighted by molar-refractivity contribution is 5.14. The van der Waals surface area contributed by atoms with Crippen molar-refractivity contribution in [2.75, 3.05) is 26.3 Å². The Labute approximate surface area is 117 Å². The highest BCUT2D eigenvalue weighted by atomic mass is 16.5. The van der Waals surface area contributed by atoms with E-state index < -0.39 is 0 Å². The molecule has 0 amide bonds. The van der Waals surface area contributed by atoms with E-state index in [1.807, 2.05) is 6.92 Å². The van der Waals surface area contributed by atoms with Crippen LogP contribution in [0.5, 0.6) is 0 Å². The number of ether oxygens (including phenoxy) is 2. The molecule has 19 heavy (non-hydrogen) atoms. The summed E-state index contributed by atoms with van der Waals surface area (Å²) in [7, 11) is 0. The lowest BCUT2D eigenvalue weighted by molar-refractivity contribution is -0.148. The molecule has 1 aliphatic carbocycles. The van der Waals surface area contributed by atoms with Crippen molar-refractivity contribution in [3.8, 4) is 0 Å². The Morgan fingerprint density at radius 3 is 2.74 bits per heavy atom. The van der Waals surface area contributed by atoms with Crippen LogP contribution < -0.4 is 11.1 Å². The molecule has 1 saturated heterocycles. The molecule has 2 aliphatic rings. The molecule has 2 fully saturated rings. The van der Waals surface area contributed by atoms with Crippen LogP contribution in [-0.4, -0.2) is 44.1 Å². The fourth-order valence-corrected chi connectivity index (χ4v) is 3.23. The molecule has 0 aromatic carbocycles. The molecule has 3 N–H and O–H groups in total. The summed E-state index contributed by atoms with van der Waals surface area (Å²) in [4.78, 5) is 0. The van der Waals surface area contributed by atoms with E-state index in [0.717, 1.165) is 32.7 Å². The molecule has 112 valence electrons. The zero-order valence-electron chi connectivity index (χ0n) is 12.7. The molecule has 1 heterocycles. The summed E-state index contributed by atoms with van der Waals surface area (Å²) in [5.74, 6) is 0. The Kier molecular flexibility index (Phi) is 4.88. The SMILES string of the molecule is CCOC1CC(N)(CNCC2CCCCO2)C1(C)C. The van der Waals surface area contributed by atoms with Crippen molar-refractivity contribution in [2.24, 2.45) is 11.1 Å². The summed E-state index contributed by atoms with van der Waals surface area (Å²) in [6.07, 6.45) is 5.30. The lowest BCUT2D eigenvalue weighted by atomic mass is 9.54. The average Bonchev–Trinajstić information content (AvgIpc) is 2.40. The minimum absolute atomic E-state index is 0.0451. The van der Waals surface area contributed by atoms with E-state index >= 15 is 0 Å². The quantitative estimate of drug-likeness (QED) is 0.771. The summed E-state index contributed by atoms with van der Waals surface area (Å²) < 4.78 is 11.5. The Balaban J connectivity index is 1.73. The maximum atomic E-state index is 6.53. The Hall–Kier alpha value is -0.160. The maximum absolute atomic E-state index is 6.53. The van der Waals surface area contributed by atoms with E-state index in [4.69, 9.17) is 15.2 Å². The van der Waals surface area contributed by atoms with Crippen LogP contribution in [0.3, 0.4) is 0 Å². The first-order valence-electron chi connectivity index (χ1n) is 7.72. The molecule has 0 bridgehead atoms. The largest absolute Gasteiger partial charge is 0.378 e. The van der Waals surface area contributed by atoms with Crippen LogP contribution >= 0.6 is 0 Å². The van der Waals surface area contributed by atoms with Gasteiger partial charge in [-0.1, -0.05) is 13.8 Å². The van der Waals surface area contributed by atoms with E-state index in [2.05, 4.69) is 19.2 Å². The van der Waals surface area contributed by atoms with E-state index in [-0.39, 0.29) is 11.0 Å². The van der Waals surface area contributed by atoms with E-state index in [1.54, 1.807) is 0 Å². The normalized spacial score (nSPS) is 37.9. The van der Waals surface area contributed by atoms with Crippen LogP contribution in [0, 0.1) is 5.41 Å². The minimum atomic E-state index is -0.151. The monoisotopic (exact) mass is 270 g/mol. The van der Waals surface area contributed by atoms with Gasteiger partial charge in [0.25, 0.3) is 0 Å². The number of hydrogen-bond acceptors (Lipinski definition) is 4. The van der Waals surface area contributed by atoms with Crippen molar-refractivity contribution in [3.63, 3.8) is 0 Å². The molecule has 0 aromatic rings. The van der Waals surface area contributed by atoms with Crippen LogP contribution in [0.15, 0.2) is 0 Å². The van der Waals surface area contributed by atoms with Gasteiger partial charge in [0.1, 0.15) is 0 Å². The van der Waals surface area contributed by atoms with Crippen molar-refractivity contribution in [1.82, 2.24) is 5.32 Å². The third kappa shape index (κ3) is 3.13. The zero-order chi connectivity index (χ0) is 13.9. The predicted octanol–water partition coefficient (Wildman–Crippen LogP) is 1.68. The van der Waals surface area contributed by atoms with Crippen LogP contribution in [0.2, 0.25) is 0 Å². The van der Waals surface area contributed by atoms with Crippen LogP contribution in [0.4, 0.5) is 0 Å². The second kappa shape index (κ2) is 6.08. The van der Waals surface area contributed by atoms with Gasteiger partial charge in [-0.3, -0.25) is 0 Å². The highest BCUT2D eigenvalue weighted by Gasteiger charge is 2.58. The molecule has 1 aliphatic heterocycles. The molecule has 0 aromatic heterocycles. The van der Waals surface area contributed by atoms with E-state index in [9.17, 15) is 0 Å². The summed E-state index contributed by atoms with van der Waals surface area (Å²) in [5.41, 5.74) is 6.43. The van der Waals surface area contributed by atoms with Crippen molar-refractivity contribution in [3.05, 3.63) is 0 Å². The van der Waals surface area contributed by atoms with Crippen LogP contribution in [-0.2, 0) is 9.47 Å². The standard InChI is InChI=1S/C15H30N2O2/c1-4-18-13-9-15(16,14(13,2)3)11-17-10-12-7-5-6-8-19-12/h12-13,17H,4-11,16H2,1-3H3. The molecule has 4 heteroatoms. The van der Waals surface area contributed by atoms with Crippen molar-refractivity contribution >= 4 is 0 Å². The second-order valence-electron chi connectivity index (χ2n) is 6.65. The van der Waals surface area contributed by atoms with Gasteiger partial charge < -0.3 is 20.5 Å². The van der Waals surface area contributed by atoms with Crippen LogP contribution in [0.25, 0.3) is 0 Å². The molecule has 3 atom stereocenters. The smallest absolute Gasteiger partial charge is 0.0699 e.